The van der Waals surface area contributed by atoms with Crippen LogP contribution in [-0.2, 0) is 0 Å². The van der Waals surface area contributed by atoms with E-state index in [0.29, 0.717) is 22.5 Å². The molecule has 4 heteroatoms. The maximum atomic E-state index is 12.5. The largest absolute Gasteiger partial charge is 0.507 e. The molecule has 3 nitrogen and oxygen atoms in total. The predicted octanol–water partition coefficient (Wildman–Crippen LogP) is 3.70. The quantitative estimate of drug-likeness (QED) is 0.894. The average Bonchev–Trinajstić information content (AvgIpc) is 3.16. The molecule has 1 aliphatic rings. The molecule has 0 bridgehead atoms. The van der Waals surface area contributed by atoms with Gasteiger partial charge in [0, 0.05) is 17.6 Å². The molecule has 0 unspecified atom stereocenters. The van der Waals surface area contributed by atoms with Crippen molar-refractivity contribution in [2.45, 2.75) is 39.2 Å². The Morgan fingerprint density at radius 2 is 2.16 bits per heavy atom. The Kier molecular flexibility index (Phi) is 4.35. The Hall–Kier alpha value is -1.22. The first-order chi connectivity index (χ1) is 8.99. The van der Waals surface area contributed by atoms with Gasteiger partial charge in [-0.25, -0.2) is 0 Å². The molecule has 0 heterocycles. The number of carbonyl (C=O) groups is 1. The van der Waals surface area contributed by atoms with Gasteiger partial charge in [-0.2, -0.15) is 0 Å². The number of hydrogen-bond donors (Lipinski definition) is 1. The van der Waals surface area contributed by atoms with Crippen LogP contribution < -0.4 is 0 Å². The summed E-state index contributed by atoms with van der Waals surface area (Å²) in [6.45, 7) is 5.03. The molecule has 0 spiro atoms. The van der Waals surface area contributed by atoms with Crippen molar-refractivity contribution in [3.05, 3.63) is 28.8 Å². The summed E-state index contributed by atoms with van der Waals surface area (Å²) in [5, 5.41) is 10.3. The minimum absolute atomic E-state index is 0.00426. The predicted molar refractivity (Wildman–Crippen MR) is 76.6 cm³/mol. The highest BCUT2D eigenvalue weighted by molar-refractivity contribution is 6.31. The standard InChI is InChI=1S/C15H20ClNO2/c1-10(2)7-8-17(12-4-5-12)15(19)13-9-11(16)3-6-14(13)18/h3,6,9-10,12,18H,4-5,7-8H2,1-2H3. The second-order valence-corrected chi connectivity index (χ2v) is 6.01. The SMILES string of the molecule is CC(C)CCN(C(=O)c1cc(Cl)ccc1O)C1CC1. The van der Waals surface area contributed by atoms with Gasteiger partial charge in [0.05, 0.1) is 5.56 Å². The van der Waals surface area contributed by atoms with Gasteiger partial charge in [-0.15, -0.1) is 0 Å². The van der Waals surface area contributed by atoms with Crippen LogP contribution in [0.2, 0.25) is 5.02 Å². The summed E-state index contributed by atoms with van der Waals surface area (Å²) in [7, 11) is 0. The molecule has 1 aromatic carbocycles. The molecule has 1 fully saturated rings. The first-order valence-electron chi connectivity index (χ1n) is 6.78. The molecule has 1 aromatic rings. The first kappa shape index (κ1) is 14.2. The summed E-state index contributed by atoms with van der Waals surface area (Å²) in [6.07, 6.45) is 3.10. The van der Waals surface area contributed by atoms with Crippen LogP contribution in [0, 0.1) is 5.92 Å². The van der Waals surface area contributed by atoms with Crippen LogP contribution in [0.3, 0.4) is 0 Å². The summed E-state index contributed by atoms with van der Waals surface area (Å²) >= 11 is 5.91. The monoisotopic (exact) mass is 281 g/mol. The molecular formula is C15H20ClNO2. The fourth-order valence-electron chi connectivity index (χ4n) is 2.07. The zero-order valence-electron chi connectivity index (χ0n) is 11.4. The molecular weight excluding hydrogens is 262 g/mol. The fraction of sp³-hybridized carbons (Fsp3) is 0.533. The van der Waals surface area contributed by atoms with Crippen molar-refractivity contribution in [1.82, 2.24) is 4.90 Å². The van der Waals surface area contributed by atoms with Crippen LogP contribution in [0.25, 0.3) is 0 Å². The molecule has 0 saturated heterocycles. The molecule has 104 valence electrons. The van der Waals surface area contributed by atoms with Gasteiger partial charge in [-0.3, -0.25) is 4.79 Å². The highest BCUT2D eigenvalue weighted by atomic mass is 35.5. The maximum absolute atomic E-state index is 12.5. The van der Waals surface area contributed by atoms with Gasteiger partial charge in [0.2, 0.25) is 0 Å². The van der Waals surface area contributed by atoms with E-state index < -0.39 is 0 Å². The smallest absolute Gasteiger partial charge is 0.257 e. The third-order valence-corrected chi connectivity index (χ3v) is 3.62. The average molecular weight is 282 g/mol. The van der Waals surface area contributed by atoms with Gasteiger partial charge >= 0.3 is 0 Å². The second kappa shape index (κ2) is 5.83. The number of aromatic hydroxyl groups is 1. The number of halogens is 1. The molecule has 2 rings (SSSR count). The van der Waals surface area contributed by atoms with Crippen LogP contribution in [0.5, 0.6) is 5.75 Å². The Labute approximate surface area is 119 Å². The van der Waals surface area contributed by atoms with Crippen LogP contribution >= 0.6 is 11.6 Å². The van der Waals surface area contributed by atoms with Crippen molar-refractivity contribution in [2.24, 2.45) is 5.92 Å². The van der Waals surface area contributed by atoms with Crippen LogP contribution in [0.15, 0.2) is 18.2 Å². The lowest BCUT2D eigenvalue weighted by Gasteiger charge is -2.24. The summed E-state index contributed by atoms with van der Waals surface area (Å²) in [5.74, 6) is 0.453. The minimum Gasteiger partial charge on any atom is -0.507 e. The molecule has 0 atom stereocenters. The summed E-state index contributed by atoms with van der Waals surface area (Å²) in [4.78, 5) is 14.4. The van der Waals surface area contributed by atoms with E-state index in [2.05, 4.69) is 13.8 Å². The van der Waals surface area contributed by atoms with Crippen LogP contribution in [-0.4, -0.2) is 28.5 Å². The molecule has 1 amide bonds. The van der Waals surface area contributed by atoms with E-state index in [0.717, 1.165) is 25.8 Å². The topological polar surface area (TPSA) is 40.5 Å². The van der Waals surface area contributed by atoms with Gasteiger partial charge in [0.15, 0.2) is 0 Å². The molecule has 0 aromatic heterocycles. The van der Waals surface area contributed by atoms with Gasteiger partial charge in [0.1, 0.15) is 5.75 Å². The zero-order valence-corrected chi connectivity index (χ0v) is 12.2. The number of nitrogens with zero attached hydrogens (tertiary/aromatic N) is 1. The van der Waals surface area contributed by atoms with Crippen molar-refractivity contribution in [3.63, 3.8) is 0 Å². The number of benzene rings is 1. The minimum atomic E-state index is -0.108. The van der Waals surface area contributed by atoms with E-state index in [1.807, 2.05) is 4.90 Å². The fourth-order valence-corrected chi connectivity index (χ4v) is 2.24. The van der Waals surface area contributed by atoms with E-state index in [-0.39, 0.29) is 11.7 Å². The lowest BCUT2D eigenvalue weighted by atomic mass is 10.1. The lowest BCUT2D eigenvalue weighted by Crippen LogP contribution is -2.34. The highest BCUT2D eigenvalue weighted by Crippen LogP contribution is 2.31. The first-order valence-corrected chi connectivity index (χ1v) is 7.16. The number of phenolic OH excluding ortho intramolecular Hbond substituents is 1. The number of amides is 1. The highest BCUT2D eigenvalue weighted by Gasteiger charge is 2.33. The number of hydrogen-bond acceptors (Lipinski definition) is 2. The van der Waals surface area contributed by atoms with Crippen molar-refractivity contribution in [3.8, 4) is 5.75 Å². The van der Waals surface area contributed by atoms with Crippen LogP contribution in [0.4, 0.5) is 0 Å². The maximum Gasteiger partial charge on any atom is 0.257 e. The third-order valence-electron chi connectivity index (χ3n) is 3.38. The summed E-state index contributed by atoms with van der Waals surface area (Å²) < 4.78 is 0. The van der Waals surface area contributed by atoms with E-state index >= 15 is 0 Å². The molecule has 19 heavy (non-hydrogen) atoms. The Balaban J connectivity index is 2.16. The van der Waals surface area contributed by atoms with Crippen molar-refractivity contribution < 1.29 is 9.90 Å². The number of rotatable bonds is 5. The van der Waals surface area contributed by atoms with Crippen LogP contribution in [0.1, 0.15) is 43.5 Å². The number of phenols is 1. The normalized spacial score (nSPS) is 14.7. The summed E-state index contributed by atoms with van der Waals surface area (Å²) in [6, 6.07) is 4.95. The molecule has 0 radical (unpaired) electrons. The Morgan fingerprint density at radius 1 is 1.47 bits per heavy atom. The van der Waals surface area contributed by atoms with E-state index in [4.69, 9.17) is 11.6 Å². The van der Waals surface area contributed by atoms with E-state index in [1.54, 1.807) is 12.1 Å². The van der Waals surface area contributed by atoms with Gasteiger partial charge < -0.3 is 10.0 Å². The number of carbonyl (C=O) groups excluding carboxylic acids is 1. The Morgan fingerprint density at radius 3 is 2.74 bits per heavy atom. The van der Waals surface area contributed by atoms with E-state index in [9.17, 15) is 9.90 Å². The zero-order chi connectivity index (χ0) is 14.0. The van der Waals surface area contributed by atoms with E-state index in [1.165, 1.54) is 6.07 Å². The molecule has 1 saturated carbocycles. The lowest BCUT2D eigenvalue weighted by molar-refractivity contribution is 0.0732. The van der Waals surface area contributed by atoms with Gasteiger partial charge in [0.25, 0.3) is 5.91 Å². The van der Waals surface area contributed by atoms with Gasteiger partial charge in [-0.1, -0.05) is 25.4 Å². The second-order valence-electron chi connectivity index (χ2n) is 5.57. The Bertz CT molecular complexity index is 469. The van der Waals surface area contributed by atoms with Gasteiger partial charge in [-0.05, 0) is 43.4 Å². The molecule has 1 aliphatic carbocycles. The van der Waals surface area contributed by atoms with Crippen molar-refractivity contribution in [2.75, 3.05) is 6.54 Å². The van der Waals surface area contributed by atoms with Crippen molar-refractivity contribution >= 4 is 17.5 Å². The molecule has 0 aliphatic heterocycles. The third kappa shape index (κ3) is 3.63. The molecule has 1 N–H and O–H groups in total. The van der Waals surface area contributed by atoms with Crippen molar-refractivity contribution in [1.29, 1.82) is 0 Å². The summed E-state index contributed by atoms with van der Waals surface area (Å²) in [5.41, 5.74) is 0.308.